The zero-order valence-electron chi connectivity index (χ0n) is 7.25. The standard InChI is InChI=1S/C8H14ClNO2/c1-10(8(11)6-9)7-2-4-12-5-3-7/h7H,2-6H2,1H3. The third-order valence-electron chi connectivity index (χ3n) is 2.25. The number of hydrogen-bond acceptors (Lipinski definition) is 2. The quantitative estimate of drug-likeness (QED) is 0.606. The molecule has 0 saturated carbocycles. The van der Waals surface area contributed by atoms with Crippen LogP contribution in [0.4, 0.5) is 0 Å². The van der Waals surface area contributed by atoms with Crippen molar-refractivity contribution in [2.24, 2.45) is 0 Å². The average Bonchev–Trinajstić information content (AvgIpc) is 2.17. The third-order valence-corrected chi connectivity index (χ3v) is 2.47. The van der Waals surface area contributed by atoms with Crippen LogP contribution in [0.5, 0.6) is 0 Å². The van der Waals surface area contributed by atoms with E-state index in [0.29, 0.717) is 6.04 Å². The molecule has 70 valence electrons. The van der Waals surface area contributed by atoms with E-state index in [1.54, 1.807) is 11.9 Å². The number of amides is 1. The highest BCUT2D eigenvalue weighted by molar-refractivity contribution is 6.27. The zero-order chi connectivity index (χ0) is 8.97. The molecule has 0 aromatic carbocycles. The van der Waals surface area contributed by atoms with E-state index in [-0.39, 0.29) is 11.8 Å². The predicted octanol–water partition coefficient (Wildman–Crippen LogP) is 0.863. The van der Waals surface area contributed by atoms with Gasteiger partial charge in [-0.2, -0.15) is 0 Å². The Morgan fingerprint density at radius 2 is 2.17 bits per heavy atom. The Morgan fingerprint density at radius 1 is 1.58 bits per heavy atom. The van der Waals surface area contributed by atoms with Gasteiger partial charge in [0.2, 0.25) is 5.91 Å². The van der Waals surface area contributed by atoms with Crippen LogP contribution in [-0.2, 0) is 9.53 Å². The molecule has 4 heteroatoms. The van der Waals surface area contributed by atoms with Crippen molar-refractivity contribution in [2.75, 3.05) is 26.1 Å². The molecular formula is C8H14ClNO2. The monoisotopic (exact) mass is 191 g/mol. The fourth-order valence-corrected chi connectivity index (χ4v) is 1.56. The Bertz CT molecular complexity index is 157. The fourth-order valence-electron chi connectivity index (χ4n) is 1.37. The van der Waals surface area contributed by atoms with Crippen LogP contribution in [-0.4, -0.2) is 43.0 Å². The molecule has 0 aromatic heterocycles. The number of carbonyl (C=O) groups excluding carboxylic acids is 1. The van der Waals surface area contributed by atoms with E-state index in [2.05, 4.69) is 0 Å². The molecule has 12 heavy (non-hydrogen) atoms. The maximum absolute atomic E-state index is 11.2. The first-order valence-electron chi connectivity index (χ1n) is 4.15. The second kappa shape index (κ2) is 4.67. The molecule has 1 aliphatic rings. The topological polar surface area (TPSA) is 29.5 Å². The summed E-state index contributed by atoms with van der Waals surface area (Å²) in [6.45, 7) is 1.51. The molecule has 1 aliphatic heterocycles. The zero-order valence-corrected chi connectivity index (χ0v) is 8.01. The van der Waals surface area contributed by atoms with Crippen LogP contribution in [0.1, 0.15) is 12.8 Å². The van der Waals surface area contributed by atoms with Gasteiger partial charge in [0.05, 0.1) is 0 Å². The Kier molecular flexibility index (Phi) is 3.82. The highest BCUT2D eigenvalue weighted by Crippen LogP contribution is 2.12. The van der Waals surface area contributed by atoms with Crippen molar-refractivity contribution in [3.8, 4) is 0 Å². The van der Waals surface area contributed by atoms with E-state index in [4.69, 9.17) is 16.3 Å². The Morgan fingerprint density at radius 3 is 2.67 bits per heavy atom. The molecule has 1 saturated heterocycles. The normalized spacial score (nSPS) is 19.2. The summed E-state index contributed by atoms with van der Waals surface area (Å²) in [4.78, 5) is 12.9. The van der Waals surface area contributed by atoms with E-state index < -0.39 is 0 Å². The predicted molar refractivity (Wildman–Crippen MR) is 47.3 cm³/mol. The molecule has 0 unspecified atom stereocenters. The first kappa shape index (κ1) is 9.81. The number of rotatable bonds is 2. The van der Waals surface area contributed by atoms with Crippen molar-refractivity contribution in [1.29, 1.82) is 0 Å². The highest BCUT2D eigenvalue weighted by atomic mass is 35.5. The molecule has 3 nitrogen and oxygen atoms in total. The van der Waals surface area contributed by atoms with Gasteiger partial charge in [0, 0.05) is 26.3 Å². The summed E-state index contributed by atoms with van der Waals surface area (Å²) in [7, 11) is 1.81. The summed E-state index contributed by atoms with van der Waals surface area (Å²) in [6, 6.07) is 0.324. The lowest BCUT2D eigenvalue weighted by molar-refractivity contribution is -0.130. The van der Waals surface area contributed by atoms with Crippen LogP contribution in [0.25, 0.3) is 0 Å². The van der Waals surface area contributed by atoms with Crippen molar-refractivity contribution >= 4 is 17.5 Å². The van der Waals surface area contributed by atoms with Gasteiger partial charge < -0.3 is 9.64 Å². The van der Waals surface area contributed by atoms with Gasteiger partial charge in [-0.1, -0.05) is 0 Å². The van der Waals surface area contributed by atoms with Crippen molar-refractivity contribution in [1.82, 2.24) is 4.90 Å². The minimum atomic E-state index is 0.00330. The molecule has 0 bridgehead atoms. The summed E-state index contributed by atoms with van der Waals surface area (Å²) in [5.74, 6) is 0.0805. The largest absolute Gasteiger partial charge is 0.381 e. The van der Waals surface area contributed by atoms with Crippen molar-refractivity contribution in [3.63, 3.8) is 0 Å². The van der Waals surface area contributed by atoms with Crippen LogP contribution in [0, 0.1) is 0 Å². The summed E-state index contributed by atoms with van der Waals surface area (Å²) >= 11 is 5.44. The summed E-state index contributed by atoms with van der Waals surface area (Å²) in [6.07, 6.45) is 1.86. The third kappa shape index (κ3) is 2.35. The molecule has 0 atom stereocenters. The van der Waals surface area contributed by atoms with Gasteiger partial charge >= 0.3 is 0 Å². The molecular weight excluding hydrogens is 178 g/mol. The van der Waals surface area contributed by atoms with Crippen LogP contribution in [0.15, 0.2) is 0 Å². The molecule has 1 fully saturated rings. The van der Waals surface area contributed by atoms with Crippen molar-refractivity contribution in [2.45, 2.75) is 18.9 Å². The Balaban J connectivity index is 2.39. The van der Waals surface area contributed by atoms with E-state index in [1.807, 2.05) is 0 Å². The van der Waals surface area contributed by atoms with E-state index in [1.165, 1.54) is 0 Å². The van der Waals surface area contributed by atoms with Crippen molar-refractivity contribution < 1.29 is 9.53 Å². The highest BCUT2D eigenvalue weighted by Gasteiger charge is 2.21. The SMILES string of the molecule is CN(C(=O)CCl)C1CCOCC1. The number of ether oxygens (including phenoxy) is 1. The fraction of sp³-hybridized carbons (Fsp3) is 0.875. The van der Waals surface area contributed by atoms with Crippen LogP contribution in [0.2, 0.25) is 0 Å². The molecule has 1 rings (SSSR count). The smallest absolute Gasteiger partial charge is 0.237 e. The van der Waals surface area contributed by atoms with Crippen LogP contribution >= 0.6 is 11.6 Å². The second-order valence-electron chi connectivity index (χ2n) is 2.98. The molecule has 0 aromatic rings. The van der Waals surface area contributed by atoms with Gasteiger partial charge in [-0.05, 0) is 12.8 Å². The first-order valence-corrected chi connectivity index (χ1v) is 4.68. The van der Waals surface area contributed by atoms with Gasteiger partial charge in [0.25, 0.3) is 0 Å². The first-order chi connectivity index (χ1) is 5.75. The minimum Gasteiger partial charge on any atom is -0.381 e. The maximum Gasteiger partial charge on any atom is 0.237 e. The lowest BCUT2D eigenvalue weighted by Gasteiger charge is -2.30. The molecule has 1 amide bonds. The summed E-state index contributed by atoms with van der Waals surface area (Å²) in [5.41, 5.74) is 0. The molecule has 0 N–H and O–H groups in total. The average molecular weight is 192 g/mol. The molecule has 0 aliphatic carbocycles. The summed E-state index contributed by atoms with van der Waals surface area (Å²) in [5, 5.41) is 0. The molecule has 1 heterocycles. The van der Waals surface area contributed by atoms with Crippen LogP contribution in [0.3, 0.4) is 0 Å². The maximum atomic E-state index is 11.2. The molecule has 0 radical (unpaired) electrons. The lowest BCUT2D eigenvalue weighted by atomic mass is 10.1. The van der Waals surface area contributed by atoms with Crippen molar-refractivity contribution in [3.05, 3.63) is 0 Å². The van der Waals surface area contributed by atoms with Gasteiger partial charge in [-0.3, -0.25) is 4.79 Å². The van der Waals surface area contributed by atoms with Gasteiger partial charge in [0.1, 0.15) is 5.88 Å². The van der Waals surface area contributed by atoms with Gasteiger partial charge in [0.15, 0.2) is 0 Å². The lowest BCUT2D eigenvalue weighted by Crippen LogP contribution is -2.41. The number of carbonyl (C=O) groups is 1. The summed E-state index contributed by atoms with van der Waals surface area (Å²) < 4.78 is 5.19. The van der Waals surface area contributed by atoms with E-state index >= 15 is 0 Å². The van der Waals surface area contributed by atoms with Gasteiger partial charge in [-0.25, -0.2) is 0 Å². The Labute approximate surface area is 77.6 Å². The van der Waals surface area contributed by atoms with Gasteiger partial charge in [-0.15, -0.1) is 11.6 Å². The molecule has 0 spiro atoms. The number of halogens is 1. The van der Waals surface area contributed by atoms with Crippen LogP contribution < -0.4 is 0 Å². The van der Waals surface area contributed by atoms with E-state index in [0.717, 1.165) is 26.1 Å². The number of alkyl halides is 1. The number of nitrogens with zero attached hydrogens (tertiary/aromatic N) is 1. The minimum absolute atomic E-state index is 0.00330. The Hall–Kier alpha value is -0.280. The second-order valence-corrected chi connectivity index (χ2v) is 3.25. The van der Waals surface area contributed by atoms with E-state index in [9.17, 15) is 4.79 Å². The number of hydrogen-bond donors (Lipinski definition) is 0.